The van der Waals surface area contributed by atoms with Gasteiger partial charge in [-0.05, 0) is 11.1 Å². The van der Waals surface area contributed by atoms with Crippen LogP contribution in [-0.2, 0) is 16.0 Å². The lowest BCUT2D eigenvalue weighted by Crippen LogP contribution is -2.33. The van der Waals surface area contributed by atoms with Gasteiger partial charge in [-0.15, -0.1) is 0 Å². The summed E-state index contributed by atoms with van der Waals surface area (Å²) in [5.41, 5.74) is 9.23. The quantitative estimate of drug-likeness (QED) is 0.276. The number of nitrogens with two attached hydrogens (primary N) is 1. The van der Waals surface area contributed by atoms with E-state index >= 15 is 0 Å². The van der Waals surface area contributed by atoms with Crippen molar-refractivity contribution in [3.63, 3.8) is 0 Å². The molecule has 2 unspecified atom stereocenters. The topological polar surface area (TPSA) is 141 Å². The fourth-order valence-corrected chi connectivity index (χ4v) is 4.62. The number of anilines is 1. The molecule has 2 aromatic carbocycles. The number of rotatable bonds is 9. The Bertz CT molecular complexity index is 1250. The number of imidazole rings is 1. The highest BCUT2D eigenvalue weighted by Crippen LogP contribution is 2.33. The molecular weight excluding hydrogens is 460 g/mol. The van der Waals surface area contributed by atoms with Gasteiger partial charge in [-0.1, -0.05) is 60.7 Å². The zero-order valence-electron chi connectivity index (χ0n) is 19.9. The molecule has 1 fully saturated rings. The minimum absolute atomic E-state index is 0.0748. The molecule has 0 aliphatic carbocycles. The molecule has 10 nitrogen and oxygen atoms in total. The lowest BCUT2D eigenvalue weighted by Gasteiger charge is -2.20. The zero-order chi connectivity index (χ0) is 25.1. The average molecular weight is 491 g/mol. The van der Waals surface area contributed by atoms with Crippen molar-refractivity contribution in [2.75, 3.05) is 25.6 Å². The van der Waals surface area contributed by atoms with E-state index in [0.29, 0.717) is 29.4 Å². The van der Waals surface area contributed by atoms with E-state index in [-0.39, 0.29) is 19.1 Å². The van der Waals surface area contributed by atoms with Crippen molar-refractivity contribution in [1.29, 1.82) is 0 Å². The molecule has 4 aromatic rings. The number of aliphatic hydroxyl groups is 2. The second kappa shape index (κ2) is 10.7. The van der Waals surface area contributed by atoms with Crippen LogP contribution < -0.4 is 11.1 Å². The fraction of sp³-hybridized carbons (Fsp3) is 0.346. The molecule has 2 aromatic heterocycles. The third-order valence-electron chi connectivity index (χ3n) is 6.47. The van der Waals surface area contributed by atoms with E-state index in [2.05, 4.69) is 44.5 Å². The number of aliphatic hydroxyl groups excluding tert-OH is 2. The summed E-state index contributed by atoms with van der Waals surface area (Å²) in [5.74, 6) is 1.03. The van der Waals surface area contributed by atoms with Gasteiger partial charge in [0.1, 0.15) is 24.1 Å². The monoisotopic (exact) mass is 490 g/mol. The maximum Gasteiger partial charge on any atom is 0.168 e. The number of ether oxygens (including phenoxy) is 2. The van der Waals surface area contributed by atoms with Gasteiger partial charge in [0, 0.05) is 19.6 Å². The van der Waals surface area contributed by atoms with Gasteiger partial charge < -0.3 is 30.7 Å². The van der Waals surface area contributed by atoms with Crippen molar-refractivity contribution >= 4 is 17.0 Å². The first-order valence-electron chi connectivity index (χ1n) is 11.9. The number of nitrogens with one attached hydrogen (secondary N) is 1. The Morgan fingerprint density at radius 2 is 1.69 bits per heavy atom. The van der Waals surface area contributed by atoms with Crippen molar-refractivity contribution in [3.05, 3.63) is 83.9 Å². The van der Waals surface area contributed by atoms with Crippen molar-refractivity contribution in [2.45, 2.75) is 37.0 Å². The molecule has 0 radical (unpaired) electrons. The predicted octanol–water partition coefficient (Wildman–Crippen LogP) is 1.79. The highest BCUT2D eigenvalue weighted by atomic mass is 16.6. The first-order valence-corrected chi connectivity index (χ1v) is 11.9. The molecule has 4 atom stereocenters. The van der Waals surface area contributed by atoms with E-state index in [1.54, 1.807) is 4.57 Å². The molecule has 10 heteroatoms. The molecule has 1 aliphatic heterocycles. The van der Waals surface area contributed by atoms with Crippen LogP contribution in [0.5, 0.6) is 0 Å². The van der Waals surface area contributed by atoms with Crippen molar-refractivity contribution in [1.82, 2.24) is 19.5 Å². The van der Waals surface area contributed by atoms with Crippen molar-refractivity contribution in [2.24, 2.45) is 5.73 Å². The van der Waals surface area contributed by atoms with Crippen LogP contribution in [0.25, 0.3) is 11.2 Å². The van der Waals surface area contributed by atoms with Gasteiger partial charge in [-0.25, -0.2) is 15.0 Å². The first-order chi connectivity index (χ1) is 17.6. The van der Waals surface area contributed by atoms with Crippen LogP contribution >= 0.6 is 0 Å². The minimum Gasteiger partial charge on any atom is -0.387 e. The maximum atomic E-state index is 10.6. The Morgan fingerprint density at radius 3 is 2.31 bits per heavy atom. The predicted molar refractivity (Wildman–Crippen MR) is 134 cm³/mol. The number of nitrogens with zero attached hydrogens (tertiary/aromatic N) is 4. The van der Waals surface area contributed by atoms with Crippen molar-refractivity contribution in [3.8, 4) is 0 Å². The smallest absolute Gasteiger partial charge is 0.168 e. The lowest BCUT2D eigenvalue weighted by atomic mass is 9.91. The fourth-order valence-electron chi connectivity index (χ4n) is 4.62. The summed E-state index contributed by atoms with van der Waals surface area (Å²) in [6.07, 6.45) is -2.28. The van der Waals surface area contributed by atoms with Crippen molar-refractivity contribution < 1.29 is 19.7 Å². The highest BCUT2D eigenvalue weighted by Gasteiger charge is 2.44. The Kier molecular flexibility index (Phi) is 7.21. The lowest BCUT2D eigenvalue weighted by molar-refractivity contribution is -0.0580. The molecule has 0 bridgehead atoms. The number of fused-ring (bicyclic) bond motifs is 1. The molecule has 1 aliphatic rings. The van der Waals surface area contributed by atoms with E-state index in [0.717, 1.165) is 0 Å². The zero-order valence-corrected chi connectivity index (χ0v) is 19.9. The molecule has 1 saturated heterocycles. The molecule has 0 amide bonds. The average Bonchev–Trinajstić information content (AvgIpc) is 3.46. The maximum absolute atomic E-state index is 10.6. The second-order valence-corrected chi connectivity index (χ2v) is 8.77. The third-order valence-corrected chi connectivity index (χ3v) is 6.47. The Balaban J connectivity index is 1.47. The van der Waals surface area contributed by atoms with Gasteiger partial charge >= 0.3 is 0 Å². The van der Waals surface area contributed by atoms with Gasteiger partial charge in [-0.3, -0.25) is 4.57 Å². The van der Waals surface area contributed by atoms with E-state index in [1.807, 2.05) is 36.4 Å². The molecular formula is C26H30N6O4. The molecule has 36 heavy (non-hydrogen) atoms. The van der Waals surface area contributed by atoms with E-state index < -0.39 is 24.5 Å². The Labute approximate surface area is 208 Å². The van der Waals surface area contributed by atoms with Gasteiger partial charge in [0.15, 0.2) is 23.2 Å². The molecule has 3 heterocycles. The summed E-state index contributed by atoms with van der Waals surface area (Å²) in [4.78, 5) is 13.7. The summed E-state index contributed by atoms with van der Waals surface area (Å²) in [5, 5.41) is 24.5. The molecule has 0 saturated carbocycles. The standard InChI is InChI=1S/C26H30N6O4/c1-35-14-19-22(33)23(34)26(36-19)32-15-29-21-24(30-20(12-27)31-25(21)32)28-13-18(16-8-4-2-5-9-16)17-10-6-3-7-11-17/h2-11,15,18-19,22-23,26,33-34H,12-14,27H2,1H3,(H,28,30,31)/t19-,22-,23?,26?/m1/s1. The van der Waals surface area contributed by atoms with Crippen LogP contribution in [0.2, 0.25) is 0 Å². The summed E-state index contributed by atoms with van der Waals surface area (Å²) in [6.45, 7) is 0.839. The van der Waals surface area contributed by atoms with Crippen LogP contribution in [-0.4, -0.2) is 68.3 Å². The molecule has 5 rings (SSSR count). The first kappa shape index (κ1) is 24.3. The number of hydrogen-bond donors (Lipinski definition) is 4. The molecule has 5 N–H and O–H groups in total. The SMILES string of the molecule is COC[C@H]1OC(n2cnc3c(NCC(c4ccccc4)c4ccccc4)nc(CN)nc32)C(O)[C@@H]1O. The summed E-state index contributed by atoms with van der Waals surface area (Å²) in [6, 6.07) is 20.5. The molecule has 0 spiro atoms. The van der Waals surface area contributed by atoms with E-state index in [9.17, 15) is 10.2 Å². The van der Waals surface area contributed by atoms with Crippen LogP contribution in [0.3, 0.4) is 0 Å². The van der Waals surface area contributed by atoms with Crippen LogP contribution in [0.1, 0.15) is 29.1 Å². The normalized spacial score (nSPS) is 21.9. The number of benzene rings is 2. The summed E-state index contributed by atoms with van der Waals surface area (Å²) in [7, 11) is 1.51. The number of hydrogen-bond acceptors (Lipinski definition) is 9. The second-order valence-electron chi connectivity index (χ2n) is 8.77. The van der Waals surface area contributed by atoms with Gasteiger partial charge in [0.05, 0.1) is 19.5 Å². The van der Waals surface area contributed by atoms with E-state index in [4.69, 9.17) is 15.2 Å². The van der Waals surface area contributed by atoms with Crippen LogP contribution in [0, 0.1) is 0 Å². The largest absolute Gasteiger partial charge is 0.387 e. The van der Waals surface area contributed by atoms with Crippen LogP contribution in [0.4, 0.5) is 5.82 Å². The summed E-state index contributed by atoms with van der Waals surface area (Å²) >= 11 is 0. The molecule has 188 valence electrons. The van der Waals surface area contributed by atoms with Gasteiger partial charge in [0.25, 0.3) is 0 Å². The van der Waals surface area contributed by atoms with Gasteiger partial charge in [-0.2, -0.15) is 0 Å². The highest BCUT2D eigenvalue weighted by molar-refractivity contribution is 5.83. The van der Waals surface area contributed by atoms with E-state index in [1.165, 1.54) is 24.6 Å². The third kappa shape index (κ3) is 4.69. The Hall–Kier alpha value is -3.41. The minimum atomic E-state index is -1.17. The van der Waals surface area contributed by atoms with Gasteiger partial charge in [0.2, 0.25) is 0 Å². The number of methoxy groups -OCH3 is 1. The summed E-state index contributed by atoms with van der Waals surface area (Å²) < 4.78 is 12.6. The Morgan fingerprint density at radius 1 is 1.03 bits per heavy atom. The number of aromatic nitrogens is 4. The van der Waals surface area contributed by atoms with Crippen LogP contribution in [0.15, 0.2) is 67.0 Å².